The summed E-state index contributed by atoms with van der Waals surface area (Å²) in [5, 5.41) is 6.82. The van der Waals surface area contributed by atoms with Crippen LogP contribution >= 0.6 is 11.3 Å². The summed E-state index contributed by atoms with van der Waals surface area (Å²) in [5.41, 5.74) is 2.46. The number of benzene rings is 1. The monoisotopic (exact) mass is 304 g/mol. The topological polar surface area (TPSA) is 34.2 Å². The molecule has 0 fully saturated rings. The lowest BCUT2D eigenvalue weighted by molar-refractivity contribution is 0.242. The van der Waals surface area contributed by atoms with E-state index < -0.39 is 0 Å². The third kappa shape index (κ3) is 5.14. The maximum atomic E-state index is 5.66. The summed E-state index contributed by atoms with van der Waals surface area (Å²) < 4.78 is 5.66. The number of aromatic nitrogens is 1. The summed E-state index contributed by atoms with van der Waals surface area (Å²) in [4.78, 5) is 4.48. The van der Waals surface area contributed by atoms with Gasteiger partial charge in [0.15, 0.2) is 0 Å². The number of ether oxygens (including phenoxy) is 1. The van der Waals surface area contributed by atoms with Crippen molar-refractivity contribution >= 4 is 11.3 Å². The number of hydrogen-bond acceptors (Lipinski definition) is 4. The van der Waals surface area contributed by atoms with Crippen LogP contribution in [0.4, 0.5) is 0 Å². The molecule has 114 valence electrons. The molecule has 21 heavy (non-hydrogen) atoms. The predicted octanol–water partition coefficient (Wildman–Crippen LogP) is 4.13. The quantitative estimate of drug-likeness (QED) is 0.835. The van der Waals surface area contributed by atoms with Crippen LogP contribution in [0.25, 0.3) is 0 Å². The molecule has 1 N–H and O–H groups in total. The Balaban J connectivity index is 1.81. The second kappa shape index (κ2) is 7.57. The number of nitrogens with zero attached hydrogens (tertiary/aromatic N) is 1. The Morgan fingerprint density at radius 1 is 1.19 bits per heavy atom. The van der Waals surface area contributed by atoms with E-state index in [0.717, 1.165) is 23.7 Å². The van der Waals surface area contributed by atoms with E-state index in [-0.39, 0.29) is 6.10 Å². The van der Waals surface area contributed by atoms with Crippen molar-refractivity contribution in [2.45, 2.75) is 46.3 Å². The van der Waals surface area contributed by atoms with E-state index in [1.54, 1.807) is 11.3 Å². The van der Waals surface area contributed by atoms with Crippen molar-refractivity contribution in [3.63, 3.8) is 0 Å². The Morgan fingerprint density at radius 3 is 2.48 bits per heavy atom. The van der Waals surface area contributed by atoms with Gasteiger partial charge in [-0.3, -0.25) is 0 Å². The zero-order chi connectivity index (χ0) is 15.2. The summed E-state index contributed by atoms with van der Waals surface area (Å²) in [6.07, 6.45) is 1.19. The molecule has 0 aliphatic carbocycles. The molecular formula is C17H24N2OS. The number of nitrogens with one attached hydrogen (secondary N) is 1. The molecule has 0 saturated carbocycles. The minimum Gasteiger partial charge on any atom is -0.491 e. The third-order valence-electron chi connectivity index (χ3n) is 3.25. The summed E-state index contributed by atoms with van der Waals surface area (Å²) in [6, 6.07) is 8.66. The Kier molecular flexibility index (Phi) is 5.76. The lowest BCUT2D eigenvalue weighted by Crippen LogP contribution is -2.21. The number of hydrogen-bond donors (Lipinski definition) is 1. The maximum absolute atomic E-state index is 5.66. The fourth-order valence-corrected chi connectivity index (χ4v) is 2.81. The molecule has 0 spiro atoms. The van der Waals surface area contributed by atoms with Crippen LogP contribution in [0.3, 0.4) is 0 Å². The molecule has 1 unspecified atom stereocenters. The smallest absolute Gasteiger partial charge is 0.119 e. The molecule has 0 aliphatic heterocycles. The molecule has 1 atom stereocenters. The molecular weight excluding hydrogens is 280 g/mol. The molecule has 1 aromatic carbocycles. The van der Waals surface area contributed by atoms with Crippen molar-refractivity contribution in [1.29, 1.82) is 0 Å². The van der Waals surface area contributed by atoms with Crippen molar-refractivity contribution in [3.05, 3.63) is 45.9 Å². The maximum Gasteiger partial charge on any atom is 0.119 e. The Labute approximate surface area is 131 Å². The van der Waals surface area contributed by atoms with Gasteiger partial charge in [0, 0.05) is 24.4 Å². The van der Waals surface area contributed by atoms with E-state index in [1.807, 2.05) is 32.9 Å². The number of aryl methyl sites for hydroxylation is 1. The van der Waals surface area contributed by atoms with Gasteiger partial charge in [-0.05, 0) is 45.4 Å². The summed E-state index contributed by atoms with van der Waals surface area (Å²) in [7, 11) is 0. The highest BCUT2D eigenvalue weighted by Gasteiger charge is 2.06. The minimum absolute atomic E-state index is 0.216. The highest BCUT2D eigenvalue weighted by molar-refractivity contribution is 7.09. The van der Waals surface area contributed by atoms with E-state index in [2.05, 4.69) is 34.7 Å². The molecule has 1 aromatic heterocycles. The van der Waals surface area contributed by atoms with Crippen LogP contribution in [0.2, 0.25) is 0 Å². The normalized spacial score (nSPS) is 12.6. The number of rotatable bonds is 7. The summed E-state index contributed by atoms with van der Waals surface area (Å²) >= 11 is 1.71. The molecule has 0 saturated heterocycles. The van der Waals surface area contributed by atoms with Crippen LogP contribution in [0.15, 0.2) is 29.6 Å². The van der Waals surface area contributed by atoms with Crippen LogP contribution in [0.1, 0.15) is 43.1 Å². The molecule has 0 amide bonds. The highest BCUT2D eigenvalue weighted by Crippen LogP contribution is 2.18. The van der Waals surface area contributed by atoms with Gasteiger partial charge in [0.25, 0.3) is 0 Å². The van der Waals surface area contributed by atoms with Crippen LogP contribution in [0, 0.1) is 6.92 Å². The van der Waals surface area contributed by atoms with Crippen molar-refractivity contribution in [1.82, 2.24) is 10.3 Å². The molecule has 0 radical (unpaired) electrons. The Bertz CT molecular complexity index is 548. The first kappa shape index (κ1) is 16.0. The second-order valence-electron chi connectivity index (χ2n) is 5.52. The first-order chi connectivity index (χ1) is 10.0. The van der Waals surface area contributed by atoms with Gasteiger partial charge in [-0.25, -0.2) is 4.98 Å². The van der Waals surface area contributed by atoms with Crippen molar-refractivity contribution in [2.75, 3.05) is 6.54 Å². The molecule has 2 rings (SSSR count). The first-order valence-corrected chi connectivity index (χ1v) is 8.33. The molecule has 0 bridgehead atoms. The van der Waals surface area contributed by atoms with Crippen LogP contribution in [-0.2, 0) is 6.42 Å². The fraction of sp³-hybridized carbons (Fsp3) is 0.471. The Hall–Kier alpha value is -1.39. The van der Waals surface area contributed by atoms with Gasteiger partial charge in [-0.2, -0.15) is 0 Å². The second-order valence-corrected chi connectivity index (χ2v) is 6.58. The van der Waals surface area contributed by atoms with Crippen molar-refractivity contribution in [2.24, 2.45) is 0 Å². The highest BCUT2D eigenvalue weighted by atomic mass is 32.1. The van der Waals surface area contributed by atoms with Gasteiger partial charge in [-0.1, -0.05) is 12.1 Å². The lowest BCUT2D eigenvalue weighted by atomic mass is 10.1. The summed E-state index contributed by atoms with van der Waals surface area (Å²) in [6.45, 7) is 9.25. The van der Waals surface area contributed by atoms with Gasteiger partial charge in [-0.15, -0.1) is 11.3 Å². The van der Waals surface area contributed by atoms with E-state index in [4.69, 9.17) is 4.74 Å². The van der Waals surface area contributed by atoms with Crippen LogP contribution in [0.5, 0.6) is 5.75 Å². The predicted molar refractivity (Wildman–Crippen MR) is 89.2 cm³/mol. The zero-order valence-electron chi connectivity index (χ0n) is 13.2. The van der Waals surface area contributed by atoms with Crippen molar-refractivity contribution < 1.29 is 4.74 Å². The number of thiazole rings is 1. The zero-order valence-corrected chi connectivity index (χ0v) is 14.0. The molecule has 1 heterocycles. The standard InChI is InChI=1S/C17H24N2OS/c1-12(2)20-17-7-5-15(6-8-17)13(3)18-10-9-16-11-21-14(4)19-16/h5-8,11-13,18H,9-10H2,1-4H3. The first-order valence-electron chi connectivity index (χ1n) is 7.45. The van der Waals surface area contributed by atoms with Gasteiger partial charge in [0.2, 0.25) is 0 Å². The Morgan fingerprint density at radius 2 is 1.90 bits per heavy atom. The van der Waals surface area contributed by atoms with E-state index in [9.17, 15) is 0 Å². The van der Waals surface area contributed by atoms with Crippen LogP contribution < -0.4 is 10.1 Å². The van der Waals surface area contributed by atoms with Gasteiger partial charge in [0.1, 0.15) is 5.75 Å². The SMILES string of the molecule is Cc1nc(CCNC(C)c2ccc(OC(C)C)cc2)cs1. The van der Waals surface area contributed by atoms with Gasteiger partial charge < -0.3 is 10.1 Å². The average molecular weight is 304 g/mol. The van der Waals surface area contributed by atoms with Crippen LogP contribution in [-0.4, -0.2) is 17.6 Å². The van der Waals surface area contributed by atoms with E-state index in [1.165, 1.54) is 11.3 Å². The largest absolute Gasteiger partial charge is 0.491 e. The van der Waals surface area contributed by atoms with E-state index in [0.29, 0.717) is 6.04 Å². The lowest BCUT2D eigenvalue weighted by Gasteiger charge is -2.15. The minimum atomic E-state index is 0.216. The third-order valence-corrected chi connectivity index (χ3v) is 4.07. The van der Waals surface area contributed by atoms with Crippen molar-refractivity contribution in [3.8, 4) is 5.75 Å². The molecule has 3 nitrogen and oxygen atoms in total. The fourth-order valence-electron chi connectivity index (χ4n) is 2.16. The summed E-state index contributed by atoms with van der Waals surface area (Å²) in [5.74, 6) is 0.930. The van der Waals surface area contributed by atoms with E-state index >= 15 is 0 Å². The van der Waals surface area contributed by atoms with Gasteiger partial charge >= 0.3 is 0 Å². The molecule has 0 aliphatic rings. The van der Waals surface area contributed by atoms with Gasteiger partial charge in [0.05, 0.1) is 16.8 Å². The average Bonchev–Trinajstić information content (AvgIpc) is 2.84. The molecule has 4 heteroatoms. The molecule has 2 aromatic rings.